The Morgan fingerprint density at radius 3 is 2.49 bits per heavy atom. The van der Waals surface area contributed by atoms with E-state index >= 15 is 0 Å². The first-order valence-electron chi connectivity index (χ1n) is 13.2. The van der Waals surface area contributed by atoms with Crippen LogP contribution in [0.3, 0.4) is 0 Å². The highest BCUT2D eigenvalue weighted by atomic mass is 16.2. The predicted octanol–water partition coefficient (Wildman–Crippen LogP) is 3.45. The average Bonchev–Trinajstić information content (AvgIpc) is 2.90. The van der Waals surface area contributed by atoms with Crippen LogP contribution in [0.4, 0.5) is 17.5 Å². The number of rotatable bonds is 1. The maximum Gasteiger partial charge on any atom is 0.236 e. The largest absolute Gasteiger partial charge is 0.370 e. The van der Waals surface area contributed by atoms with Crippen molar-refractivity contribution in [2.45, 2.75) is 32.9 Å². The van der Waals surface area contributed by atoms with E-state index in [1.807, 2.05) is 35.4 Å². The first-order chi connectivity index (χ1) is 18.0. The second-order valence-corrected chi connectivity index (χ2v) is 10.0. The SMILES string of the molecule is CC(C)N1CCCNc2ccc(cn2)-c2ccnc(n2)Nc2cccc(c2)CN2CCN(CC2)CC1=O. The molecule has 9 heteroatoms. The number of benzene rings is 1. The van der Waals surface area contributed by atoms with Gasteiger partial charge in [-0.1, -0.05) is 12.1 Å². The molecule has 0 radical (unpaired) electrons. The zero-order valence-electron chi connectivity index (χ0n) is 21.7. The van der Waals surface area contributed by atoms with Gasteiger partial charge in [0.25, 0.3) is 0 Å². The van der Waals surface area contributed by atoms with Crippen LogP contribution in [0.15, 0.2) is 54.9 Å². The first-order valence-corrected chi connectivity index (χ1v) is 13.2. The number of pyridine rings is 1. The van der Waals surface area contributed by atoms with E-state index in [0.29, 0.717) is 12.5 Å². The molecule has 0 atom stereocenters. The summed E-state index contributed by atoms with van der Waals surface area (Å²) < 4.78 is 0. The molecule has 0 spiro atoms. The standard InChI is InChI=1S/C28H36N8O/c1-21(2)36-12-4-10-29-26-8-7-23(18-31-26)25-9-11-30-28(33-25)32-24-6-3-5-22(17-24)19-34-13-15-35(16-14-34)20-27(36)37/h3,5-9,11,17-18,21H,4,10,12-16,19-20H2,1-2H3,(H,29,31)(H,30,32,33). The topological polar surface area (TPSA) is 89.5 Å². The number of aromatic nitrogens is 3. The summed E-state index contributed by atoms with van der Waals surface area (Å²) in [7, 11) is 0. The van der Waals surface area contributed by atoms with E-state index in [4.69, 9.17) is 4.98 Å². The van der Waals surface area contributed by atoms with E-state index in [2.05, 4.69) is 62.4 Å². The molecule has 7 heterocycles. The van der Waals surface area contributed by atoms with Crippen LogP contribution in [0.1, 0.15) is 25.8 Å². The van der Waals surface area contributed by atoms with Crippen molar-refractivity contribution in [3.63, 3.8) is 0 Å². The highest BCUT2D eigenvalue weighted by Crippen LogP contribution is 2.21. The molecule has 5 aliphatic heterocycles. The number of nitrogens with one attached hydrogen (secondary N) is 2. The van der Waals surface area contributed by atoms with Gasteiger partial charge >= 0.3 is 0 Å². The van der Waals surface area contributed by atoms with E-state index in [-0.39, 0.29) is 11.9 Å². The molecule has 0 saturated carbocycles. The van der Waals surface area contributed by atoms with Gasteiger partial charge in [0.05, 0.1) is 12.2 Å². The first kappa shape index (κ1) is 25.1. The molecule has 1 amide bonds. The van der Waals surface area contributed by atoms with Crippen LogP contribution in [0.25, 0.3) is 11.3 Å². The Kier molecular flexibility index (Phi) is 7.91. The summed E-state index contributed by atoms with van der Waals surface area (Å²) >= 11 is 0. The zero-order valence-corrected chi connectivity index (χ0v) is 21.7. The molecule has 1 saturated heterocycles. The molecule has 5 aliphatic rings. The van der Waals surface area contributed by atoms with Crippen molar-refractivity contribution in [3.8, 4) is 11.3 Å². The molecule has 0 unspecified atom stereocenters. The van der Waals surface area contributed by atoms with Crippen LogP contribution in [0.5, 0.6) is 0 Å². The second-order valence-electron chi connectivity index (χ2n) is 10.0. The van der Waals surface area contributed by atoms with Gasteiger partial charge in [0.1, 0.15) is 5.82 Å². The average molecular weight is 501 g/mol. The lowest BCUT2D eigenvalue weighted by molar-refractivity contribution is -0.134. The lowest BCUT2D eigenvalue weighted by atomic mass is 10.1. The van der Waals surface area contributed by atoms with E-state index < -0.39 is 0 Å². The molecule has 2 aromatic heterocycles. The number of carbonyl (C=O) groups is 1. The van der Waals surface area contributed by atoms with E-state index in [1.54, 1.807) is 6.20 Å². The molecule has 194 valence electrons. The third-order valence-electron chi connectivity index (χ3n) is 6.95. The fourth-order valence-corrected chi connectivity index (χ4v) is 4.89. The Labute approximate surface area is 218 Å². The highest BCUT2D eigenvalue weighted by Gasteiger charge is 2.23. The van der Waals surface area contributed by atoms with Crippen LogP contribution in [-0.4, -0.2) is 87.4 Å². The molecule has 8 rings (SSSR count). The molecule has 9 nitrogen and oxygen atoms in total. The summed E-state index contributed by atoms with van der Waals surface area (Å²) in [6.07, 6.45) is 4.46. The van der Waals surface area contributed by atoms with Crippen LogP contribution in [0.2, 0.25) is 0 Å². The van der Waals surface area contributed by atoms with Gasteiger partial charge in [-0.25, -0.2) is 15.0 Å². The maximum atomic E-state index is 13.1. The van der Waals surface area contributed by atoms with Crippen molar-refractivity contribution >= 4 is 23.4 Å². The van der Waals surface area contributed by atoms with Crippen molar-refractivity contribution in [2.24, 2.45) is 0 Å². The van der Waals surface area contributed by atoms with Gasteiger partial charge in [-0.15, -0.1) is 0 Å². The predicted molar refractivity (Wildman–Crippen MR) is 147 cm³/mol. The van der Waals surface area contributed by atoms with Crippen molar-refractivity contribution in [1.82, 2.24) is 29.7 Å². The molecule has 3 aromatic rings. The third kappa shape index (κ3) is 6.61. The highest BCUT2D eigenvalue weighted by molar-refractivity contribution is 5.78. The quantitative estimate of drug-likeness (QED) is 0.525. The Balaban J connectivity index is 1.37. The summed E-state index contributed by atoms with van der Waals surface area (Å²) in [5, 5.41) is 6.74. The number of hydrogen-bond acceptors (Lipinski definition) is 8. The van der Waals surface area contributed by atoms with Gasteiger partial charge in [0, 0.05) is 75.5 Å². The third-order valence-corrected chi connectivity index (χ3v) is 6.95. The Bertz CT molecular complexity index is 1190. The minimum absolute atomic E-state index is 0.180. The molecular weight excluding hydrogens is 464 g/mol. The fourth-order valence-electron chi connectivity index (χ4n) is 4.89. The van der Waals surface area contributed by atoms with Crippen LogP contribution >= 0.6 is 0 Å². The van der Waals surface area contributed by atoms with Crippen molar-refractivity contribution in [1.29, 1.82) is 0 Å². The van der Waals surface area contributed by atoms with E-state index in [0.717, 1.165) is 75.0 Å². The van der Waals surface area contributed by atoms with Gasteiger partial charge in [-0.3, -0.25) is 14.6 Å². The second kappa shape index (κ2) is 11.7. The molecule has 8 bridgehead atoms. The smallest absolute Gasteiger partial charge is 0.236 e. The van der Waals surface area contributed by atoms with E-state index in [1.165, 1.54) is 5.56 Å². The molecule has 37 heavy (non-hydrogen) atoms. The van der Waals surface area contributed by atoms with Gasteiger partial charge in [0.2, 0.25) is 11.9 Å². The lowest BCUT2D eigenvalue weighted by Gasteiger charge is -2.36. The van der Waals surface area contributed by atoms with Crippen LogP contribution < -0.4 is 10.6 Å². The van der Waals surface area contributed by atoms with Crippen molar-refractivity contribution in [3.05, 3.63) is 60.4 Å². The minimum atomic E-state index is 0.180. The zero-order chi connectivity index (χ0) is 25.6. The summed E-state index contributed by atoms with van der Waals surface area (Å²) in [5.41, 5.74) is 3.94. The maximum absolute atomic E-state index is 13.1. The summed E-state index contributed by atoms with van der Waals surface area (Å²) in [5.74, 6) is 1.58. The fraction of sp³-hybridized carbons (Fsp3) is 0.429. The number of nitrogens with zero attached hydrogens (tertiary/aromatic N) is 6. The molecule has 0 aliphatic carbocycles. The molecule has 1 fully saturated rings. The normalized spacial score (nSPS) is 20.9. The van der Waals surface area contributed by atoms with Gasteiger partial charge in [-0.05, 0) is 56.2 Å². The number of anilines is 3. The van der Waals surface area contributed by atoms with Gasteiger partial charge < -0.3 is 15.5 Å². The number of hydrogen-bond donors (Lipinski definition) is 2. The Morgan fingerprint density at radius 2 is 1.73 bits per heavy atom. The minimum Gasteiger partial charge on any atom is -0.370 e. The van der Waals surface area contributed by atoms with Crippen molar-refractivity contribution in [2.75, 3.05) is 56.4 Å². The Morgan fingerprint density at radius 1 is 0.919 bits per heavy atom. The van der Waals surface area contributed by atoms with Crippen LogP contribution in [-0.2, 0) is 11.3 Å². The number of carbonyl (C=O) groups excluding carboxylic acids is 1. The monoisotopic (exact) mass is 500 g/mol. The van der Waals surface area contributed by atoms with Gasteiger partial charge in [-0.2, -0.15) is 0 Å². The summed E-state index contributed by atoms with van der Waals surface area (Å²) in [6, 6.07) is 14.5. The number of amides is 1. The van der Waals surface area contributed by atoms with E-state index in [9.17, 15) is 4.79 Å². The Hall–Kier alpha value is -3.56. The molecular formula is C28H36N8O. The summed E-state index contributed by atoms with van der Waals surface area (Å²) in [4.78, 5) is 33.6. The molecule has 2 N–H and O–H groups in total. The van der Waals surface area contributed by atoms with Crippen molar-refractivity contribution < 1.29 is 4.79 Å². The van der Waals surface area contributed by atoms with Gasteiger partial charge in [0.15, 0.2) is 0 Å². The lowest BCUT2D eigenvalue weighted by Crippen LogP contribution is -2.51. The molecule has 1 aromatic carbocycles. The van der Waals surface area contributed by atoms with Crippen LogP contribution in [0, 0.1) is 0 Å². The number of piperazine rings is 1. The summed E-state index contributed by atoms with van der Waals surface area (Å²) in [6.45, 7) is 10.7.